The second-order valence-electron chi connectivity index (χ2n) is 6.85. The van der Waals surface area contributed by atoms with Crippen molar-refractivity contribution < 1.29 is 9.90 Å². The molecule has 4 aromatic rings. The van der Waals surface area contributed by atoms with Crippen LogP contribution in [0.1, 0.15) is 21.5 Å². The van der Waals surface area contributed by atoms with E-state index in [1.165, 1.54) is 5.56 Å². The molecule has 0 fully saturated rings. The minimum Gasteiger partial charge on any atom is -0.478 e. The molecular weight excluding hydrogens is 372 g/mol. The zero-order valence-corrected chi connectivity index (χ0v) is 16.1. The van der Waals surface area contributed by atoms with Crippen molar-refractivity contribution in [1.82, 2.24) is 9.55 Å². The predicted molar refractivity (Wildman–Crippen MR) is 112 cm³/mol. The van der Waals surface area contributed by atoms with Crippen LogP contribution in [0.3, 0.4) is 0 Å². The smallest absolute Gasteiger partial charge is 0.337 e. The molecule has 4 nitrogen and oxygen atoms in total. The molecule has 1 N–H and O–H groups in total. The van der Waals surface area contributed by atoms with Crippen molar-refractivity contribution in [2.24, 2.45) is 0 Å². The van der Waals surface area contributed by atoms with E-state index in [1.54, 1.807) is 12.4 Å². The van der Waals surface area contributed by atoms with Crippen LogP contribution < -0.4 is 0 Å². The van der Waals surface area contributed by atoms with Gasteiger partial charge in [-0.3, -0.25) is 0 Å². The second-order valence-corrected chi connectivity index (χ2v) is 7.26. The van der Waals surface area contributed by atoms with Gasteiger partial charge in [0.05, 0.1) is 22.9 Å². The monoisotopic (exact) mass is 390 g/mol. The lowest BCUT2D eigenvalue weighted by Gasteiger charge is -2.10. The van der Waals surface area contributed by atoms with Crippen LogP contribution in [-0.2, 0) is 13.0 Å². The molecule has 3 aromatic carbocycles. The molecule has 0 saturated carbocycles. The van der Waals surface area contributed by atoms with E-state index < -0.39 is 5.97 Å². The Balaban J connectivity index is 1.78. The van der Waals surface area contributed by atoms with Gasteiger partial charge in [-0.1, -0.05) is 54.1 Å². The first-order chi connectivity index (χ1) is 13.5. The average molecular weight is 391 g/mol. The maximum absolute atomic E-state index is 12.0. The lowest BCUT2D eigenvalue weighted by atomic mass is 10.0. The largest absolute Gasteiger partial charge is 0.478 e. The molecule has 0 saturated heterocycles. The maximum atomic E-state index is 12.0. The summed E-state index contributed by atoms with van der Waals surface area (Å²) in [5.41, 5.74) is 5.33. The van der Waals surface area contributed by atoms with Crippen molar-refractivity contribution in [2.45, 2.75) is 19.9 Å². The number of hydrogen-bond acceptors (Lipinski definition) is 2. The molecule has 0 atom stereocenters. The molecule has 0 aliphatic heterocycles. The third kappa shape index (κ3) is 3.51. The Labute approximate surface area is 168 Å². The van der Waals surface area contributed by atoms with Gasteiger partial charge in [0, 0.05) is 17.1 Å². The molecule has 1 aromatic heterocycles. The van der Waals surface area contributed by atoms with Crippen LogP contribution in [0, 0.1) is 6.92 Å². The van der Waals surface area contributed by atoms with Crippen LogP contribution in [0.25, 0.3) is 22.2 Å². The van der Waals surface area contributed by atoms with Gasteiger partial charge in [-0.25, -0.2) is 9.78 Å². The molecule has 0 spiro atoms. The van der Waals surface area contributed by atoms with Crippen molar-refractivity contribution in [1.29, 1.82) is 0 Å². The first-order valence-electron chi connectivity index (χ1n) is 9.05. The summed E-state index contributed by atoms with van der Waals surface area (Å²) in [6.45, 7) is 2.63. The van der Waals surface area contributed by atoms with Gasteiger partial charge in [0.25, 0.3) is 0 Å². The van der Waals surface area contributed by atoms with Gasteiger partial charge >= 0.3 is 5.97 Å². The van der Waals surface area contributed by atoms with Gasteiger partial charge in [0.2, 0.25) is 0 Å². The Morgan fingerprint density at radius 2 is 1.89 bits per heavy atom. The summed E-state index contributed by atoms with van der Waals surface area (Å²) in [5.74, 6) is -0.975. The number of benzene rings is 3. The summed E-state index contributed by atoms with van der Waals surface area (Å²) >= 11 is 6.40. The first-order valence-corrected chi connectivity index (χ1v) is 9.43. The molecule has 0 radical (unpaired) electrons. The fraction of sp³-hybridized carbons (Fsp3) is 0.130. The molecule has 0 bridgehead atoms. The lowest BCUT2D eigenvalue weighted by Crippen LogP contribution is -2.05. The highest BCUT2D eigenvalue weighted by Crippen LogP contribution is 2.32. The van der Waals surface area contributed by atoms with Crippen LogP contribution in [0.2, 0.25) is 5.02 Å². The van der Waals surface area contributed by atoms with E-state index in [0.717, 1.165) is 23.1 Å². The van der Waals surface area contributed by atoms with Crippen LogP contribution in [-0.4, -0.2) is 20.6 Å². The van der Waals surface area contributed by atoms with E-state index in [2.05, 4.69) is 17.1 Å². The highest BCUT2D eigenvalue weighted by Gasteiger charge is 2.17. The Kier molecular flexibility index (Phi) is 4.88. The zero-order chi connectivity index (χ0) is 19.7. The highest BCUT2D eigenvalue weighted by atomic mass is 35.5. The summed E-state index contributed by atoms with van der Waals surface area (Å²) in [4.78, 5) is 16.5. The first kappa shape index (κ1) is 18.3. The number of carboxylic acid groups (broad SMARTS) is 1. The minimum atomic E-state index is -0.975. The van der Waals surface area contributed by atoms with Gasteiger partial charge in [-0.05, 0) is 48.2 Å². The number of imidazole rings is 1. The van der Waals surface area contributed by atoms with E-state index >= 15 is 0 Å². The summed E-state index contributed by atoms with van der Waals surface area (Å²) in [6, 6.07) is 19.4. The molecular formula is C23H19ClN2O2. The molecule has 0 aliphatic rings. The van der Waals surface area contributed by atoms with Gasteiger partial charge < -0.3 is 9.67 Å². The molecule has 0 amide bonds. The minimum absolute atomic E-state index is 0.231. The normalized spacial score (nSPS) is 11.1. The van der Waals surface area contributed by atoms with Crippen molar-refractivity contribution in [3.8, 4) is 11.1 Å². The number of aromatic carboxylic acids is 1. The zero-order valence-electron chi connectivity index (χ0n) is 15.4. The summed E-state index contributed by atoms with van der Waals surface area (Å²) in [5, 5.41) is 10.4. The standard InChI is InChI=1S/C23H19ClN2O2/c1-15-7-8-18(20(24)11-15)17-12-19(23(27)28)22-21(13-17)25-14-26(22)10-9-16-5-3-2-4-6-16/h2-8,11-14H,9-10H2,1H3,(H,27,28). The number of hydrogen-bond donors (Lipinski definition) is 1. The SMILES string of the molecule is Cc1ccc(-c2cc(C(=O)O)c3c(c2)ncn3CCc2ccccc2)c(Cl)c1. The molecule has 1 heterocycles. The predicted octanol–water partition coefficient (Wildman–Crippen LogP) is 5.61. The van der Waals surface area contributed by atoms with E-state index in [9.17, 15) is 9.90 Å². The van der Waals surface area contributed by atoms with Crippen molar-refractivity contribution in [3.63, 3.8) is 0 Å². The van der Waals surface area contributed by atoms with E-state index in [4.69, 9.17) is 11.6 Å². The topological polar surface area (TPSA) is 55.1 Å². The molecule has 5 heteroatoms. The molecule has 140 valence electrons. The fourth-order valence-corrected chi connectivity index (χ4v) is 3.79. The molecule has 28 heavy (non-hydrogen) atoms. The van der Waals surface area contributed by atoms with Gasteiger partial charge in [0.15, 0.2) is 0 Å². The van der Waals surface area contributed by atoms with Crippen molar-refractivity contribution in [2.75, 3.05) is 0 Å². The number of halogens is 1. The molecule has 0 aliphatic carbocycles. The summed E-state index contributed by atoms with van der Waals surface area (Å²) < 4.78 is 1.91. The number of carboxylic acids is 1. The number of fused-ring (bicyclic) bond motifs is 1. The van der Waals surface area contributed by atoms with Crippen molar-refractivity contribution >= 4 is 28.6 Å². The van der Waals surface area contributed by atoms with Crippen LogP contribution >= 0.6 is 11.6 Å². The Hall–Kier alpha value is -3.11. The maximum Gasteiger partial charge on any atom is 0.337 e. The van der Waals surface area contributed by atoms with E-state index in [0.29, 0.717) is 22.6 Å². The fourth-order valence-electron chi connectivity index (χ4n) is 3.45. The van der Waals surface area contributed by atoms with Gasteiger partial charge in [-0.15, -0.1) is 0 Å². The third-order valence-corrected chi connectivity index (χ3v) is 5.18. The number of aromatic nitrogens is 2. The second kappa shape index (κ2) is 7.49. The van der Waals surface area contributed by atoms with Gasteiger partial charge in [-0.2, -0.15) is 0 Å². The number of carbonyl (C=O) groups is 1. The number of aryl methyl sites for hydroxylation is 3. The number of rotatable bonds is 5. The quantitative estimate of drug-likeness (QED) is 0.482. The number of nitrogens with zero attached hydrogens (tertiary/aromatic N) is 2. The summed E-state index contributed by atoms with van der Waals surface area (Å²) in [7, 11) is 0. The van der Waals surface area contributed by atoms with Crippen LogP contribution in [0.5, 0.6) is 0 Å². The molecule has 4 rings (SSSR count). The lowest BCUT2D eigenvalue weighted by molar-refractivity contribution is 0.0698. The van der Waals surface area contributed by atoms with E-state index in [1.807, 2.05) is 54.0 Å². The van der Waals surface area contributed by atoms with E-state index in [-0.39, 0.29) is 5.56 Å². The van der Waals surface area contributed by atoms with Crippen LogP contribution in [0.4, 0.5) is 0 Å². The Bertz CT molecular complexity index is 1170. The third-order valence-electron chi connectivity index (χ3n) is 4.86. The van der Waals surface area contributed by atoms with Crippen LogP contribution in [0.15, 0.2) is 67.0 Å². The average Bonchev–Trinajstić information content (AvgIpc) is 3.09. The van der Waals surface area contributed by atoms with Gasteiger partial charge in [0.1, 0.15) is 0 Å². The van der Waals surface area contributed by atoms with Crippen molar-refractivity contribution in [3.05, 3.63) is 88.7 Å². The summed E-state index contributed by atoms with van der Waals surface area (Å²) in [6.07, 6.45) is 2.51. The molecule has 0 unspecified atom stereocenters. The highest BCUT2D eigenvalue weighted by molar-refractivity contribution is 6.33. The Morgan fingerprint density at radius 1 is 1.11 bits per heavy atom. The Morgan fingerprint density at radius 3 is 2.61 bits per heavy atom.